The van der Waals surface area contributed by atoms with Gasteiger partial charge in [-0.1, -0.05) is 6.07 Å². The molecule has 0 amide bonds. The number of methoxy groups -OCH3 is 1. The zero-order chi connectivity index (χ0) is 20.9. The largest absolute Gasteiger partial charge is 0.495 e. The summed E-state index contributed by atoms with van der Waals surface area (Å²) < 4.78 is 34.8. The van der Waals surface area contributed by atoms with E-state index >= 15 is 0 Å². The van der Waals surface area contributed by atoms with Crippen LogP contribution in [0.2, 0.25) is 0 Å². The second-order valence-electron chi connectivity index (χ2n) is 7.10. The molecule has 1 aromatic heterocycles. The van der Waals surface area contributed by atoms with Crippen LogP contribution in [-0.4, -0.2) is 52.2 Å². The number of benzene rings is 1. The lowest BCUT2D eigenvalue weighted by Gasteiger charge is -2.14. The summed E-state index contributed by atoms with van der Waals surface area (Å²) in [5.41, 5.74) is 2.16. The van der Waals surface area contributed by atoms with Crippen molar-refractivity contribution in [3.63, 3.8) is 0 Å². The lowest BCUT2D eigenvalue weighted by Crippen LogP contribution is -2.26. The molecule has 154 valence electrons. The Morgan fingerprint density at radius 3 is 2.46 bits per heavy atom. The third-order valence-corrected chi connectivity index (χ3v) is 5.97. The highest BCUT2D eigenvalue weighted by atomic mass is 32.2. The van der Waals surface area contributed by atoms with Crippen molar-refractivity contribution in [3.05, 3.63) is 46.4 Å². The van der Waals surface area contributed by atoms with Crippen molar-refractivity contribution >= 4 is 10.0 Å². The van der Waals surface area contributed by atoms with Gasteiger partial charge in [0.05, 0.1) is 7.11 Å². The Balaban J connectivity index is 2.24. The van der Waals surface area contributed by atoms with E-state index in [0.717, 1.165) is 30.5 Å². The summed E-state index contributed by atoms with van der Waals surface area (Å²) in [6.07, 6.45) is 3.40. The molecule has 0 unspecified atom stereocenters. The number of ether oxygens (including phenoxy) is 1. The molecule has 0 fully saturated rings. The van der Waals surface area contributed by atoms with Gasteiger partial charge in [0.15, 0.2) is 0 Å². The Labute approximate surface area is 167 Å². The van der Waals surface area contributed by atoms with Crippen LogP contribution in [0, 0.1) is 6.92 Å². The van der Waals surface area contributed by atoms with Crippen LogP contribution in [0.1, 0.15) is 18.4 Å². The zero-order valence-corrected chi connectivity index (χ0v) is 18.0. The molecule has 0 spiro atoms. The molecule has 0 saturated carbocycles. The first kappa shape index (κ1) is 22.1. The number of nitrogens with one attached hydrogen (secondary N) is 1. The van der Waals surface area contributed by atoms with E-state index in [-0.39, 0.29) is 16.2 Å². The Bertz CT molecular complexity index is 955. The van der Waals surface area contributed by atoms with Crippen LogP contribution in [0.25, 0.3) is 11.1 Å². The van der Waals surface area contributed by atoms with Crippen molar-refractivity contribution in [2.75, 3.05) is 34.3 Å². The smallest absolute Gasteiger partial charge is 0.253 e. The third-order valence-electron chi connectivity index (χ3n) is 4.47. The number of sulfonamides is 1. The summed E-state index contributed by atoms with van der Waals surface area (Å²) >= 11 is 0. The Morgan fingerprint density at radius 2 is 1.86 bits per heavy atom. The number of hydrogen-bond donors (Lipinski definition) is 1. The van der Waals surface area contributed by atoms with Gasteiger partial charge in [-0.15, -0.1) is 0 Å². The van der Waals surface area contributed by atoms with Crippen molar-refractivity contribution in [2.24, 2.45) is 7.05 Å². The van der Waals surface area contributed by atoms with Gasteiger partial charge in [0.25, 0.3) is 5.56 Å². The number of hydrogen-bond acceptors (Lipinski definition) is 5. The molecule has 7 nitrogen and oxygen atoms in total. The maximum absolute atomic E-state index is 12.7. The molecule has 2 aromatic rings. The second-order valence-corrected chi connectivity index (χ2v) is 8.84. The minimum absolute atomic E-state index is 0.0617. The first-order valence-corrected chi connectivity index (χ1v) is 10.6. The van der Waals surface area contributed by atoms with Gasteiger partial charge in [-0.25, -0.2) is 13.1 Å². The SMILES string of the molecule is COc1cc(-c2cc(C)c(=O)n(C)c2)ccc1S(=O)(=O)NCCCCN(C)C. The first-order chi connectivity index (χ1) is 13.2. The quantitative estimate of drug-likeness (QED) is 0.643. The molecular formula is C20H29N3O4S. The maximum Gasteiger partial charge on any atom is 0.253 e. The van der Waals surface area contributed by atoms with Gasteiger partial charge in [-0.3, -0.25) is 4.79 Å². The monoisotopic (exact) mass is 407 g/mol. The van der Waals surface area contributed by atoms with Crippen LogP contribution < -0.4 is 15.0 Å². The van der Waals surface area contributed by atoms with Crippen molar-refractivity contribution in [3.8, 4) is 16.9 Å². The summed E-state index contributed by atoms with van der Waals surface area (Å²) in [4.78, 5) is 14.1. The van der Waals surface area contributed by atoms with Gasteiger partial charge >= 0.3 is 0 Å². The number of rotatable bonds is 9. The fraction of sp³-hybridized carbons (Fsp3) is 0.450. The normalized spacial score (nSPS) is 11.8. The maximum atomic E-state index is 12.7. The molecule has 0 aliphatic carbocycles. The van der Waals surface area contributed by atoms with Crippen LogP contribution >= 0.6 is 0 Å². The molecule has 0 saturated heterocycles. The van der Waals surface area contributed by atoms with E-state index in [0.29, 0.717) is 12.1 Å². The van der Waals surface area contributed by atoms with Gasteiger partial charge in [-0.2, -0.15) is 0 Å². The van der Waals surface area contributed by atoms with E-state index in [1.165, 1.54) is 17.7 Å². The van der Waals surface area contributed by atoms with Crippen LogP contribution in [-0.2, 0) is 17.1 Å². The fourth-order valence-electron chi connectivity index (χ4n) is 2.94. The van der Waals surface area contributed by atoms with Gasteiger partial charge in [-0.05, 0) is 69.7 Å². The zero-order valence-electron chi connectivity index (χ0n) is 17.2. The summed E-state index contributed by atoms with van der Waals surface area (Å²) in [6, 6.07) is 6.73. The molecule has 1 heterocycles. The summed E-state index contributed by atoms with van der Waals surface area (Å²) in [6.45, 7) is 3.04. The Morgan fingerprint density at radius 1 is 1.14 bits per heavy atom. The molecule has 0 aliphatic rings. The van der Waals surface area contributed by atoms with E-state index in [1.807, 2.05) is 14.1 Å². The molecule has 0 aliphatic heterocycles. The molecule has 8 heteroatoms. The van der Waals surface area contributed by atoms with Crippen molar-refractivity contribution in [1.29, 1.82) is 0 Å². The highest BCUT2D eigenvalue weighted by Crippen LogP contribution is 2.30. The van der Waals surface area contributed by atoms with Gasteiger partial charge < -0.3 is 14.2 Å². The molecule has 0 radical (unpaired) electrons. The van der Waals surface area contributed by atoms with E-state index in [9.17, 15) is 13.2 Å². The average molecular weight is 408 g/mol. The van der Waals surface area contributed by atoms with E-state index in [2.05, 4.69) is 9.62 Å². The van der Waals surface area contributed by atoms with Crippen LogP contribution in [0.5, 0.6) is 5.75 Å². The average Bonchev–Trinajstić information content (AvgIpc) is 2.64. The van der Waals surface area contributed by atoms with Crippen LogP contribution in [0.3, 0.4) is 0 Å². The summed E-state index contributed by atoms with van der Waals surface area (Å²) in [7, 11) is 3.44. The number of nitrogens with zero attached hydrogens (tertiary/aromatic N) is 2. The van der Waals surface area contributed by atoms with Gasteiger partial charge in [0.2, 0.25) is 10.0 Å². The summed E-state index contributed by atoms with van der Waals surface area (Å²) in [5, 5.41) is 0. The topological polar surface area (TPSA) is 80.6 Å². The fourth-order valence-corrected chi connectivity index (χ4v) is 4.16. The predicted molar refractivity (Wildman–Crippen MR) is 111 cm³/mol. The lowest BCUT2D eigenvalue weighted by atomic mass is 10.1. The molecular weight excluding hydrogens is 378 g/mol. The van der Waals surface area contributed by atoms with Crippen molar-refractivity contribution < 1.29 is 13.2 Å². The van der Waals surface area contributed by atoms with Crippen molar-refractivity contribution in [1.82, 2.24) is 14.2 Å². The van der Waals surface area contributed by atoms with Gasteiger partial charge in [0.1, 0.15) is 10.6 Å². The Kier molecular flexibility index (Phi) is 7.40. The van der Waals surface area contributed by atoms with Gasteiger partial charge in [0, 0.05) is 25.4 Å². The number of aromatic nitrogens is 1. The predicted octanol–water partition coefficient (Wildman–Crippen LogP) is 1.99. The second kappa shape index (κ2) is 9.36. The molecule has 2 rings (SSSR count). The molecule has 1 N–H and O–H groups in total. The molecule has 1 aromatic carbocycles. The molecule has 28 heavy (non-hydrogen) atoms. The summed E-state index contributed by atoms with van der Waals surface area (Å²) in [5.74, 6) is 0.268. The lowest BCUT2D eigenvalue weighted by molar-refractivity contribution is 0.394. The minimum atomic E-state index is -3.67. The molecule has 0 bridgehead atoms. The highest BCUT2D eigenvalue weighted by molar-refractivity contribution is 7.89. The van der Waals surface area contributed by atoms with Crippen molar-refractivity contribution in [2.45, 2.75) is 24.7 Å². The third kappa shape index (κ3) is 5.43. The standard InChI is InChI=1S/C20H29N3O4S/c1-15-12-17(14-23(4)20(15)24)16-8-9-19(18(13-16)27-5)28(25,26)21-10-6-7-11-22(2)3/h8-9,12-14,21H,6-7,10-11H2,1-5H3. The minimum Gasteiger partial charge on any atom is -0.495 e. The molecule has 0 atom stereocenters. The number of unbranched alkanes of at least 4 members (excludes halogenated alkanes) is 1. The van der Waals surface area contributed by atoms with Crippen LogP contribution in [0.4, 0.5) is 0 Å². The van der Waals surface area contributed by atoms with E-state index < -0.39 is 10.0 Å². The number of pyridine rings is 1. The number of aryl methyl sites for hydroxylation is 2. The Hall–Kier alpha value is -2.16. The van der Waals surface area contributed by atoms with Crippen LogP contribution in [0.15, 0.2) is 40.2 Å². The van der Waals surface area contributed by atoms with E-state index in [4.69, 9.17) is 4.74 Å². The highest BCUT2D eigenvalue weighted by Gasteiger charge is 2.20. The first-order valence-electron chi connectivity index (χ1n) is 9.16. The van der Waals surface area contributed by atoms with E-state index in [1.54, 1.807) is 38.4 Å².